The van der Waals surface area contributed by atoms with Crippen LogP contribution in [0.5, 0.6) is 0 Å². The van der Waals surface area contributed by atoms with Gasteiger partial charge in [0.05, 0.1) is 43.7 Å². The molecule has 3 heterocycles. The Bertz CT molecular complexity index is 1510. The van der Waals surface area contributed by atoms with Crippen LogP contribution in [0.25, 0.3) is 0 Å². The number of aliphatic hydroxyl groups excluding tert-OH is 1. The summed E-state index contributed by atoms with van der Waals surface area (Å²) >= 11 is 12.2. The molecule has 2 aliphatic rings. The Hall–Kier alpha value is -2.43. The zero-order valence-corrected chi connectivity index (χ0v) is 24.0. The smallest absolute Gasteiger partial charge is 0.254 e. The lowest BCUT2D eigenvalue weighted by Crippen LogP contribution is -2.44. The standard InChI is InChI=1S/C27H31Cl2N5O3S/c1-15-11-24-21(14-32(15)26(35)19-7-10-22(28)23(29)12-19)25-27(36)33(13-16(2)34(25)31-24)17(3)18-5-8-20(9-6-18)38(4,30)37/h5-10,12,15-17,27,30,36H,11,13-14H2,1-4H3/t15-,16-,17+,27?,38-/m1/s1. The second-order valence-electron chi connectivity index (χ2n) is 10.4. The molecule has 3 aromatic rings. The lowest BCUT2D eigenvalue weighted by atomic mass is 9.96. The number of benzene rings is 2. The average molecular weight is 577 g/mol. The summed E-state index contributed by atoms with van der Waals surface area (Å²) < 4.78 is 21.8. The fourth-order valence-corrected chi connectivity index (χ4v) is 6.42. The van der Waals surface area contributed by atoms with Gasteiger partial charge in [-0.2, -0.15) is 5.10 Å². The van der Waals surface area contributed by atoms with Crippen molar-refractivity contribution in [1.29, 1.82) is 4.78 Å². The maximum Gasteiger partial charge on any atom is 0.254 e. The molecular formula is C27H31Cl2N5O3S. The van der Waals surface area contributed by atoms with Crippen molar-refractivity contribution in [2.75, 3.05) is 12.8 Å². The van der Waals surface area contributed by atoms with Gasteiger partial charge in [-0.05, 0) is 56.7 Å². The molecule has 5 atom stereocenters. The number of fused-ring (bicyclic) bond motifs is 3. The molecule has 2 aliphatic heterocycles. The minimum Gasteiger partial charge on any atom is -0.372 e. The van der Waals surface area contributed by atoms with Crippen LogP contribution in [0.3, 0.4) is 0 Å². The van der Waals surface area contributed by atoms with Gasteiger partial charge in [-0.3, -0.25) is 14.4 Å². The molecule has 0 saturated heterocycles. The van der Waals surface area contributed by atoms with E-state index in [1.54, 1.807) is 35.2 Å². The summed E-state index contributed by atoms with van der Waals surface area (Å²) in [6.07, 6.45) is 1.07. The van der Waals surface area contributed by atoms with E-state index in [0.29, 0.717) is 45.7 Å². The number of hydrogen-bond donors (Lipinski definition) is 2. The molecule has 0 aliphatic carbocycles. The molecule has 0 radical (unpaired) electrons. The number of aliphatic hydroxyl groups is 1. The normalized spacial score (nSPS) is 23.9. The van der Waals surface area contributed by atoms with Crippen molar-refractivity contribution >= 4 is 38.8 Å². The average Bonchev–Trinajstić information content (AvgIpc) is 3.25. The molecule has 0 saturated carbocycles. The second-order valence-corrected chi connectivity index (χ2v) is 13.4. The van der Waals surface area contributed by atoms with Gasteiger partial charge in [0.15, 0.2) is 6.23 Å². The van der Waals surface area contributed by atoms with Crippen molar-refractivity contribution in [2.24, 2.45) is 0 Å². The first-order chi connectivity index (χ1) is 17.9. The number of nitrogens with one attached hydrogen (secondary N) is 1. The topological polar surface area (TPSA) is 103 Å². The van der Waals surface area contributed by atoms with Gasteiger partial charge in [-0.15, -0.1) is 0 Å². The number of hydrogen-bond acceptors (Lipinski definition) is 6. The van der Waals surface area contributed by atoms with Crippen LogP contribution in [-0.2, 0) is 22.7 Å². The molecule has 0 bridgehead atoms. The summed E-state index contributed by atoms with van der Waals surface area (Å²) in [5, 5.41) is 17.2. The summed E-state index contributed by atoms with van der Waals surface area (Å²) in [4.78, 5) is 17.8. The Kier molecular flexibility index (Phi) is 7.11. The van der Waals surface area contributed by atoms with E-state index in [-0.39, 0.29) is 24.0 Å². The molecular weight excluding hydrogens is 545 g/mol. The molecule has 1 amide bonds. The zero-order valence-electron chi connectivity index (χ0n) is 21.7. The van der Waals surface area contributed by atoms with Gasteiger partial charge in [0.1, 0.15) is 0 Å². The van der Waals surface area contributed by atoms with Gasteiger partial charge in [-0.1, -0.05) is 35.3 Å². The molecule has 2 N–H and O–H groups in total. The summed E-state index contributed by atoms with van der Waals surface area (Å²) in [6.45, 7) is 7.02. The number of carbonyl (C=O) groups excluding carboxylic acids is 1. The van der Waals surface area contributed by atoms with Crippen molar-refractivity contribution in [3.05, 3.63) is 80.6 Å². The predicted molar refractivity (Wildman–Crippen MR) is 148 cm³/mol. The van der Waals surface area contributed by atoms with Crippen LogP contribution in [0.2, 0.25) is 10.0 Å². The van der Waals surface area contributed by atoms with Crippen molar-refractivity contribution < 1.29 is 14.1 Å². The lowest BCUT2D eigenvalue weighted by molar-refractivity contribution is -0.0570. The fraction of sp³-hybridized carbons (Fsp3) is 0.407. The minimum absolute atomic E-state index is 0.0119. The van der Waals surface area contributed by atoms with Crippen LogP contribution in [0, 0.1) is 4.78 Å². The third-order valence-electron chi connectivity index (χ3n) is 7.67. The first kappa shape index (κ1) is 27.1. The number of aromatic nitrogens is 2. The highest BCUT2D eigenvalue weighted by Crippen LogP contribution is 2.40. The molecule has 5 rings (SSSR count). The number of amides is 1. The largest absolute Gasteiger partial charge is 0.372 e. The van der Waals surface area contributed by atoms with Gasteiger partial charge in [0.25, 0.3) is 5.91 Å². The first-order valence-electron chi connectivity index (χ1n) is 12.5. The Morgan fingerprint density at radius 1 is 1.13 bits per heavy atom. The summed E-state index contributed by atoms with van der Waals surface area (Å²) in [6, 6.07) is 11.9. The van der Waals surface area contributed by atoms with Gasteiger partial charge in [0.2, 0.25) is 0 Å². The van der Waals surface area contributed by atoms with E-state index in [4.69, 9.17) is 33.1 Å². The van der Waals surface area contributed by atoms with Crippen LogP contribution in [0.1, 0.15) is 72.0 Å². The van der Waals surface area contributed by atoms with E-state index in [2.05, 4.69) is 6.92 Å². The highest BCUT2D eigenvalue weighted by atomic mass is 35.5. The van der Waals surface area contributed by atoms with E-state index in [0.717, 1.165) is 16.8 Å². The van der Waals surface area contributed by atoms with Gasteiger partial charge in [-0.25, -0.2) is 8.99 Å². The Morgan fingerprint density at radius 2 is 1.82 bits per heavy atom. The summed E-state index contributed by atoms with van der Waals surface area (Å²) in [7, 11) is -2.79. The van der Waals surface area contributed by atoms with E-state index in [9.17, 15) is 14.1 Å². The molecule has 1 aromatic heterocycles. The SMILES string of the molecule is C[C@@H]1Cc2nn3c(c2CN1C(=O)c1ccc(Cl)c(Cl)c1)C(O)N([C@@H](C)c1ccc([S@](C)(=N)=O)cc1)C[C@H]3C. The quantitative estimate of drug-likeness (QED) is 0.431. The molecule has 11 heteroatoms. The number of nitrogens with zero attached hydrogens (tertiary/aromatic N) is 4. The molecule has 8 nitrogen and oxygen atoms in total. The zero-order chi connectivity index (χ0) is 27.5. The highest BCUT2D eigenvalue weighted by molar-refractivity contribution is 7.91. The third kappa shape index (κ3) is 4.75. The highest BCUT2D eigenvalue weighted by Gasteiger charge is 2.40. The van der Waals surface area contributed by atoms with Gasteiger partial charge >= 0.3 is 0 Å². The summed E-state index contributed by atoms with van der Waals surface area (Å²) in [5.74, 6) is -0.146. The molecule has 2 aromatic carbocycles. The number of rotatable bonds is 4. The predicted octanol–water partition coefficient (Wildman–Crippen LogP) is 5.44. The van der Waals surface area contributed by atoms with Crippen LogP contribution in [0.4, 0.5) is 0 Å². The van der Waals surface area contributed by atoms with Gasteiger partial charge < -0.3 is 10.0 Å². The Balaban J connectivity index is 1.45. The van der Waals surface area contributed by atoms with E-state index >= 15 is 0 Å². The summed E-state index contributed by atoms with van der Waals surface area (Å²) in [5.41, 5.74) is 3.91. The Morgan fingerprint density at radius 3 is 2.45 bits per heavy atom. The molecule has 38 heavy (non-hydrogen) atoms. The number of carbonyl (C=O) groups is 1. The van der Waals surface area contributed by atoms with Crippen LogP contribution < -0.4 is 0 Å². The van der Waals surface area contributed by atoms with E-state index < -0.39 is 16.0 Å². The van der Waals surface area contributed by atoms with Crippen molar-refractivity contribution in [3.63, 3.8) is 0 Å². The van der Waals surface area contributed by atoms with E-state index in [1.165, 1.54) is 6.26 Å². The monoisotopic (exact) mass is 575 g/mol. The molecule has 1 unspecified atom stereocenters. The van der Waals surface area contributed by atoms with E-state index in [1.807, 2.05) is 35.6 Å². The molecule has 202 valence electrons. The van der Waals surface area contributed by atoms with Crippen LogP contribution >= 0.6 is 23.2 Å². The third-order valence-corrected chi connectivity index (χ3v) is 9.58. The minimum atomic E-state index is -2.79. The molecule has 0 spiro atoms. The Labute approximate surface area is 233 Å². The lowest BCUT2D eigenvalue weighted by Gasteiger charge is -2.41. The van der Waals surface area contributed by atoms with Gasteiger partial charge in [0, 0.05) is 47.3 Å². The van der Waals surface area contributed by atoms with Crippen LogP contribution in [-0.4, -0.2) is 53.6 Å². The van der Waals surface area contributed by atoms with Crippen molar-refractivity contribution in [2.45, 2.75) is 63.0 Å². The maximum atomic E-state index is 13.5. The van der Waals surface area contributed by atoms with Crippen molar-refractivity contribution in [3.8, 4) is 0 Å². The fourth-order valence-electron chi connectivity index (χ4n) is 5.47. The first-order valence-corrected chi connectivity index (χ1v) is 15.2. The number of halogens is 2. The van der Waals surface area contributed by atoms with Crippen LogP contribution in [0.15, 0.2) is 47.4 Å². The maximum absolute atomic E-state index is 13.5. The second kappa shape index (κ2) is 9.95. The van der Waals surface area contributed by atoms with Crippen molar-refractivity contribution in [1.82, 2.24) is 19.6 Å². The molecule has 0 fully saturated rings.